The van der Waals surface area contributed by atoms with E-state index in [1.807, 2.05) is 0 Å². The van der Waals surface area contributed by atoms with Crippen LogP contribution < -0.4 is 4.74 Å². The molecule has 0 atom stereocenters. The highest BCUT2D eigenvalue weighted by atomic mass is 16.5. The van der Waals surface area contributed by atoms with Crippen molar-refractivity contribution in [3.63, 3.8) is 0 Å². The molecule has 0 aliphatic rings. The van der Waals surface area contributed by atoms with E-state index in [0.29, 0.717) is 6.61 Å². The number of ether oxygens (including phenoxy) is 1. The summed E-state index contributed by atoms with van der Waals surface area (Å²) in [4.78, 5) is 0. The molecule has 4 rings (SSSR count). The zero-order valence-corrected chi connectivity index (χ0v) is 23.3. The predicted octanol–water partition coefficient (Wildman–Crippen LogP) is 8.91. The molecule has 3 nitrogen and oxygen atoms in total. The molecule has 4 aromatic rings. The van der Waals surface area contributed by atoms with Gasteiger partial charge in [-0.1, -0.05) is 100 Å². The van der Waals surface area contributed by atoms with Gasteiger partial charge >= 0.3 is 0 Å². The van der Waals surface area contributed by atoms with Gasteiger partial charge in [0.25, 0.3) is 0 Å². The fourth-order valence-corrected chi connectivity index (χ4v) is 5.72. The fourth-order valence-electron chi connectivity index (χ4n) is 5.72. The summed E-state index contributed by atoms with van der Waals surface area (Å²) in [6.07, 6.45) is 14.1. The zero-order valence-electron chi connectivity index (χ0n) is 23.3. The second-order valence-electron chi connectivity index (χ2n) is 10.7. The van der Waals surface area contributed by atoms with E-state index in [9.17, 15) is 0 Å². The highest BCUT2D eigenvalue weighted by Gasteiger charge is 2.16. The third-order valence-electron chi connectivity index (χ3n) is 7.82. The molecule has 0 heterocycles. The first kappa shape index (κ1) is 28.4. The van der Waals surface area contributed by atoms with Gasteiger partial charge in [0.1, 0.15) is 5.75 Å². The molecular formula is C35H46O3. The first-order valence-corrected chi connectivity index (χ1v) is 15.0. The molecule has 4 aromatic carbocycles. The van der Waals surface area contributed by atoms with E-state index in [-0.39, 0.29) is 6.61 Å². The van der Waals surface area contributed by atoms with Gasteiger partial charge in [-0.25, -0.2) is 0 Å². The maximum Gasteiger partial charge on any atom is 0.130 e. The van der Waals surface area contributed by atoms with Crippen LogP contribution in [0.15, 0.2) is 54.6 Å². The lowest BCUT2D eigenvalue weighted by Crippen LogP contribution is -2.02. The topological polar surface area (TPSA) is 49.7 Å². The molecule has 0 aromatic heterocycles. The van der Waals surface area contributed by atoms with Crippen molar-refractivity contribution < 1.29 is 14.9 Å². The van der Waals surface area contributed by atoms with E-state index in [0.717, 1.165) is 76.6 Å². The molecule has 3 heteroatoms. The van der Waals surface area contributed by atoms with Crippen LogP contribution in [-0.4, -0.2) is 30.0 Å². The fraction of sp³-hybridized carbons (Fsp3) is 0.486. The molecule has 0 aliphatic heterocycles. The van der Waals surface area contributed by atoms with Crippen molar-refractivity contribution in [3.05, 3.63) is 65.7 Å². The molecule has 38 heavy (non-hydrogen) atoms. The van der Waals surface area contributed by atoms with Gasteiger partial charge in [0.15, 0.2) is 0 Å². The Morgan fingerprint density at radius 2 is 1.21 bits per heavy atom. The van der Waals surface area contributed by atoms with Crippen LogP contribution in [0.25, 0.3) is 32.3 Å². The lowest BCUT2D eigenvalue weighted by molar-refractivity contribution is 0.282. The van der Waals surface area contributed by atoms with E-state index in [1.54, 1.807) is 0 Å². The van der Waals surface area contributed by atoms with E-state index in [1.165, 1.54) is 62.7 Å². The molecule has 204 valence electrons. The monoisotopic (exact) mass is 514 g/mol. The van der Waals surface area contributed by atoms with Crippen LogP contribution in [0.2, 0.25) is 0 Å². The second kappa shape index (κ2) is 15.1. The summed E-state index contributed by atoms with van der Waals surface area (Å²) in [6.45, 7) is 3.57. The molecule has 0 saturated carbocycles. The SMILES string of the molecule is CCCCCOc1c(CCCCCCO)ccc2c3ccc(CCCCCCO)cc3c3ccccc3c12. The van der Waals surface area contributed by atoms with Crippen molar-refractivity contribution in [2.24, 2.45) is 0 Å². The van der Waals surface area contributed by atoms with Crippen molar-refractivity contribution >= 4 is 32.3 Å². The van der Waals surface area contributed by atoms with Gasteiger partial charge in [0.2, 0.25) is 0 Å². The Bertz CT molecular complexity index is 1270. The average Bonchev–Trinajstić information content (AvgIpc) is 2.95. The number of fused-ring (bicyclic) bond motifs is 6. The van der Waals surface area contributed by atoms with Gasteiger partial charge in [0.05, 0.1) is 6.61 Å². The Labute approximate surface area is 228 Å². The second-order valence-corrected chi connectivity index (χ2v) is 10.7. The van der Waals surface area contributed by atoms with E-state index in [4.69, 9.17) is 14.9 Å². The summed E-state index contributed by atoms with van der Waals surface area (Å²) in [5.41, 5.74) is 2.70. The minimum absolute atomic E-state index is 0.284. The van der Waals surface area contributed by atoms with Crippen LogP contribution in [0, 0.1) is 0 Å². The number of benzene rings is 4. The smallest absolute Gasteiger partial charge is 0.130 e. The predicted molar refractivity (Wildman–Crippen MR) is 162 cm³/mol. The third-order valence-corrected chi connectivity index (χ3v) is 7.82. The summed E-state index contributed by atoms with van der Waals surface area (Å²) in [5, 5.41) is 25.9. The van der Waals surface area contributed by atoms with Crippen LogP contribution in [0.4, 0.5) is 0 Å². The Kier molecular flexibility index (Phi) is 11.3. The minimum atomic E-state index is 0.284. The molecule has 0 spiro atoms. The number of aryl methyl sites for hydroxylation is 2. The number of unbranched alkanes of at least 4 members (excludes halogenated alkanes) is 8. The van der Waals surface area contributed by atoms with E-state index in [2.05, 4.69) is 61.5 Å². The number of hydrogen-bond donors (Lipinski definition) is 2. The van der Waals surface area contributed by atoms with Crippen LogP contribution in [0.3, 0.4) is 0 Å². The van der Waals surface area contributed by atoms with Gasteiger partial charge in [-0.2, -0.15) is 0 Å². The third kappa shape index (κ3) is 7.07. The van der Waals surface area contributed by atoms with Crippen molar-refractivity contribution in [2.45, 2.75) is 90.4 Å². The standard InChI is InChI=1S/C35H46O3/c1-2-3-14-25-38-35-28(16-9-5-7-13-24-37)20-22-32-30-21-19-27(15-8-4-6-12-23-36)26-33(30)29-17-10-11-18-31(29)34(32)35/h10-11,17-22,26,36-37H,2-9,12-16,23-25H2,1H3. The summed E-state index contributed by atoms with van der Waals surface area (Å²) in [5.74, 6) is 1.08. The van der Waals surface area contributed by atoms with Gasteiger partial charge in [-0.3, -0.25) is 0 Å². The van der Waals surface area contributed by atoms with Crippen molar-refractivity contribution in [1.29, 1.82) is 0 Å². The van der Waals surface area contributed by atoms with Crippen molar-refractivity contribution in [3.8, 4) is 5.75 Å². The van der Waals surface area contributed by atoms with Crippen LogP contribution in [0.1, 0.15) is 88.7 Å². The average molecular weight is 515 g/mol. The number of hydrogen-bond acceptors (Lipinski definition) is 3. The Hall–Kier alpha value is -2.62. The van der Waals surface area contributed by atoms with Crippen LogP contribution in [-0.2, 0) is 12.8 Å². The maximum atomic E-state index is 9.14. The van der Waals surface area contributed by atoms with E-state index < -0.39 is 0 Å². The molecule has 0 unspecified atom stereocenters. The summed E-state index contributed by atoms with van der Waals surface area (Å²) in [7, 11) is 0. The Morgan fingerprint density at radius 3 is 1.95 bits per heavy atom. The summed E-state index contributed by atoms with van der Waals surface area (Å²) in [6, 6.07) is 20.5. The van der Waals surface area contributed by atoms with E-state index >= 15 is 0 Å². The first-order valence-electron chi connectivity index (χ1n) is 15.0. The lowest BCUT2D eigenvalue weighted by Gasteiger charge is -2.19. The van der Waals surface area contributed by atoms with Crippen molar-refractivity contribution in [2.75, 3.05) is 19.8 Å². The first-order chi connectivity index (χ1) is 18.8. The molecule has 0 radical (unpaired) electrons. The van der Waals surface area contributed by atoms with Crippen LogP contribution in [0.5, 0.6) is 5.75 Å². The summed E-state index contributed by atoms with van der Waals surface area (Å²) >= 11 is 0. The highest BCUT2D eigenvalue weighted by Crippen LogP contribution is 2.42. The molecule has 2 N–H and O–H groups in total. The number of aliphatic hydroxyl groups is 2. The highest BCUT2D eigenvalue weighted by molar-refractivity contribution is 6.27. The van der Waals surface area contributed by atoms with Gasteiger partial charge < -0.3 is 14.9 Å². The van der Waals surface area contributed by atoms with Gasteiger partial charge in [-0.05, 0) is 83.0 Å². The molecule has 0 amide bonds. The van der Waals surface area contributed by atoms with Crippen LogP contribution >= 0.6 is 0 Å². The van der Waals surface area contributed by atoms with Crippen molar-refractivity contribution in [1.82, 2.24) is 0 Å². The Morgan fingerprint density at radius 1 is 0.579 bits per heavy atom. The molecule has 0 saturated heterocycles. The quantitative estimate of drug-likeness (QED) is 0.109. The number of aliphatic hydroxyl groups excluding tert-OH is 2. The zero-order chi connectivity index (χ0) is 26.6. The lowest BCUT2D eigenvalue weighted by atomic mass is 9.90. The molecule has 0 fully saturated rings. The normalized spacial score (nSPS) is 11.7. The summed E-state index contributed by atoms with van der Waals surface area (Å²) < 4.78 is 6.64. The minimum Gasteiger partial charge on any atom is -0.493 e. The largest absolute Gasteiger partial charge is 0.493 e. The number of rotatable bonds is 17. The molecular weight excluding hydrogens is 468 g/mol. The van der Waals surface area contributed by atoms with Gasteiger partial charge in [0, 0.05) is 18.6 Å². The molecule has 0 aliphatic carbocycles. The molecule has 0 bridgehead atoms. The Balaban J connectivity index is 1.75. The van der Waals surface area contributed by atoms with Gasteiger partial charge in [-0.15, -0.1) is 0 Å². The maximum absolute atomic E-state index is 9.14.